The smallest absolute Gasteiger partial charge is 0.466 e. The highest BCUT2D eigenvalue weighted by molar-refractivity contribution is 5.69. The molecule has 0 aromatic heterocycles. The number of ether oxygens (including phenoxy) is 3. The summed E-state index contributed by atoms with van der Waals surface area (Å²) in [6, 6.07) is 0. The Balaban J connectivity index is 3.69. The van der Waals surface area contributed by atoms with Gasteiger partial charge in [0.1, 0.15) is 6.10 Å². The molecule has 0 radical (unpaired) electrons. The van der Waals surface area contributed by atoms with E-state index < -0.39 is 6.16 Å². The van der Waals surface area contributed by atoms with Crippen molar-refractivity contribution in [2.24, 2.45) is 0 Å². The summed E-state index contributed by atoms with van der Waals surface area (Å²) in [4.78, 5) is 26.1. The van der Waals surface area contributed by atoms with Crippen molar-refractivity contribution in [1.29, 1.82) is 0 Å². The van der Waals surface area contributed by atoms with Gasteiger partial charge >= 0.3 is 12.1 Å². The van der Waals surface area contributed by atoms with Gasteiger partial charge in [-0.1, -0.05) is 83.6 Å². The highest BCUT2D eigenvalue weighted by Gasteiger charge is 2.15. The summed E-state index contributed by atoms with van der Waals surface area (Å²) in [7, 11) is 2.04. The van der Waals surface area contributed by atoms with Crippen LogP contribution in [0.2, 0.25) is 0 Å². The molecule has 1 unspecified atom stereocenters. The summed E-state index contributed by atoms with van der Waals surface area (Å²) < 4.78 is 16.0. The third-order valence-corrected chi connectivity index (χ3v) is 6.58. The minimum Gasteiger partial charge on any atom is -0.466 e. The lowest BCUT2D eigenvalue weighted by molar-refractivity contribution is -0.144. The molecule has 38 heavy (non-hydrogen) atoms. The number of hydrogen-bond donors (Lipinski definition) is 0. The van der Waals surface area contributed by atoms with Gasteiger partial charge in [0.05, 0.1) is 13.2 Å². The van der Waals surface area contributed by atoms with Crippen molar-refractivity contribution in [3.8, 4) is 0 Å². The average Bonchev–Trinajstić information content (AvgIpc) is 2.91. The van der Waals surface area contributed by atoms with E-state index in [1.807, 2.05) is 7.05 Å². The molecular formula is C32H59NO5. The van der Waals surface area contributed by atoms with Crippen LogP contribution in [-0.2, 0) is 19.0 Å². The molecule has 0 aliphatic carbocycles. The van der Waals surface area contributed by atoms with Crippen molar-refractivity contribution in [2.75, 3.05) is 33.4 Å². The normalized spacial score (nSPS) is 12.4. The van der Waals surface area contributed by atoms with E-state index in [-0.39, 0.29) is 12.1 Å². The maximum Gasteiger partial charge on any atom is 0.508 e. The second-order valence-corrected chi connectivity index (χ2v) is 10.2. The van der Waals surface area contributed by atoms with Gasteiger partial charge in [-0.2, -0.15) is 0 Å². The van der Waals surface area contributed by atoms with E-state index in [4.69, 9.17) is 14.2 Å². The number of allylic oxidation sites excluding steroid dienone is 4. The van der Waals surface area contributed by atoms with Crippen LogP contribution in [0.4, 0.5) is 4.79 Å². The maximum absolute atomic E-state index is 12.0. The largest absolute Gasteiger partial charge is 0.508 e. The van der Waals surface area contributed by atoms with Gasteiger partial charge in [0.2, 0.25) is 0 Å². The molecule has 0 saturated carbocycles. The minimum absolute atomic E-state index is 0.125. The Bertz CT molecular complexity index is 605. The van der Waals surface area contributed by atoms with Crippen molar-refractivity contribution in [3.63, 3.8) is 0 Å². The zero-order chi connectivity index (χ0) is 28.1. The summed E-state index contributed by atoms with van der Waals surface area (Å²) >= 11 is 0. The highest BCUT2D eigenvalue weighted by atomic mass is 16.7. The molecule has 1 atom stereocenters. The summed E-state index contributed by atoms with van der Waals surface area (Å²) in [5, 5.41) is 0. The second-order valence-electron chi connectivity index (χ2n) is 10.2. The Hall–Kier alpha value is -1.82. The molecule has 0 saturated heterocycles. The summed E-state index contributed by atoms with van der Waals surface area (Å²) in [5.41, 5.74) is 0. The molecule has 0 fully saturated rings. The van der Waals surface area contributed by atoms with Crippen LogP contribution < -0.4 is 0 Å². The molecule has 0 aliphatic rings. The summed E-state index contributed by atoms with van der Waals surface area (Å²) in [5.74, 6) is -0.125. The monoisotopic (exact) mass is 537 g/mol. The molecule has 6 heteroatoms. The first-order chi connectivity index (χ1) is 18.5. The first-order valence-corrected chi connectivity index (χ1v) is 15.5. The molecule has 0 N–H and O–H groups in total. The van der Waals surface area contributed by atoms with Crippen molar-refractivity contribution in [2.45, 2.75) is 136 Å². The van der Waals surface area contributed by atoms with E-state index in [1.54, 1.807) is 0 Å². The third-order valence-electron chi connectivity index (χ3n) is 6.58. The molecular weight excluding hydrogens is 478 g/mol. The Morgan fingerprint density at radius 1 is 0.711 bits per heavy atom. The molecule has 0 aromatic carbocycles. The van der Waals surface area contributed by atoms with Crippen LogP contribution >= 0.6 is 0 Å². The Morgan fingerprint density at radius 3 is 2.05 bits per heavy atom. The Kier molecular flexibility index (Phi) is 26.8. The van der Waals surface area contributed by atoms with Gasteiger partial charge in [0, 0.05) is 13.0 Å². The summed E-state index contributed by atoms with van der Waals surface area (Å²) in [6.07, 6.45) is 25.6. The topological polar surface area (TPSA) is 65.1 Å². The lowest BCUT2D eigenvalue weighted by Crippen LogP contribution is -2.23. The fourth-order valence-corrected chi connectivity index (χ4v) is 4.05. The molecule has 0 bridgehead atoms. The van der Waals surface area contributed by atoms with Crippen LogP contribution in [0.25, 0.3) is 0 Å². The molecule has 0 spiro atoms. The predicted molar refractivity (Wildman–Crippen MR) is 158 cm³/mol. The first-order valence-electron chi connectivity index (χ1n) is 15.5. The molecule has 0 aromatic rings. The number of unbranched alkanes of at least 4 members (excludes halogenated alkanes) is 8. The van der Waals surface area contributed by atoms with Gasteiger partial charge < -0.3 is 19.1 Å². The van der Waals surface area contributed by atoms with Crippen molar-refractivity contribution in [1.82, 2.24) is 4.90 Å². The van der Waals surface area contributed by atoms with E-state index >= 15 is 0 Å². The third kappa shape index (κ3) is 25.8. The van der Waals surface area contributed by atoms with Crippen LogP contribution in [0.15, 0.2) is 24.3 Å². The van der Waals surface area contributed by atoms with E-state index in [1.165, 1.54) is 44.9 Å². The zero-order valence-corrected chi connectivity index (χ0v) is 25.2. The van der Waals surface area contributed by atoms with Gasteiger partial charge in [-0.25, -0.2) is 4.79 Å². The lowest BCUT2D eigenvalue weighted by atomic mass is 10.1. The second kappa shape index (κ2) is 28.2. The number of carbonyl (C=O) groups is 2. The Labute approximate surface area is 234 Å². The fourth-order valence-electron chi connectivity index (χ4n) is 4.05. The Morgan fingerprint density at radius 2 is 1.37 bits per heavy atom. The molecule has 0 rings (SSSR count). The van der Waals surface area contributed by atoms with E-state index in [0.29, 0.717) is 32.5 Å². The molecule has 6 nitrogen and oxygen atoms in total. The van der Waals surface area contributed by atoms with Gasteiger partial charge in [-0.3, -0.25) is 4.79 Å². The van der Waals surface area contributed by atoms with Crippen LogP contribution in [0, 0.1) is 0 Å². The van der Waals surface area contributed by atoms with Crippen LogP contribution in [-0.4, -0.2) is 56.5 Å². The van der Waals surface area contributed by atoms with Gasteiger partial charge in [0.25, 0.3) is 0 Å². The average molecular weight is 538 g/mol. The molecule has 0 heterocycles. The van der Waals surface area contributed by atoms with E-state index in [9.17, 15) is 9.59 Å². The van der Waals surface area contributed by atoms with Crippen LogP contribution in [0.1, 0.15) is 130 Å². The van der Waals surface area contributed by atoms with Crippen LogP contribution in [0.3, 0.4) is 0 Å². The zero-order valence-electron chi connectivity index (χ0n) is 25.2. The van der Waals surface area contributed by atoms with Gasteiger partial charge in [-0.05, 0) is 77.8 Å². The fraction of sp³-hybridized carbons (Fsp3) is 0.812. The summed E-state index contributed by atoms with van der Waals surface area (Å²) in [6.45, 7) is 9.01. The number of hydrogen-bond acceptors (Lipinski definition) is 6. The standard InChI is InChI=1S/C32H59NO5/c1-5-8-9-10-11-12-13-14-15-16-17-18-19-20-21-26-31(34)36-28-22-25-30(24-6-2)38-32(35)37-29-23-27-33(4)7-3/h11-12,14-15,30H,5-10,13,16-29H2,1-4H3/b12-11-,15-14-. The van der Waals surface area contributed by atoms with E-state index in [2.05, 4.69) is 50.0 Å². The number of esters is 1. The van der Waals surface area contributed by atoms with Crippen molar-refractivity contribution in [3.05, 3.63) is 24.3 Å². The molecule has 222 valence electrons. The minimum atomic E-state index is -0.596. The number of rotatable bonds is 26. The predicted octanol–water partition coefficient (Wildman–Crippen LogP) is 8.79. The van der Waals surface area contributed by atoms with Gasteiger partial charge in [0.15, 0.2) is 0 Å². The quantitative estimate of drug-likeness (QED) is 0.0624. The van der Waals surface area contributed by atoms with Crippen molar-refractivity contribution < 1.29 is 23.8 Å². The van der Waals surface area contributed by atoms with Crippen molar-refractivity contribution >= 4 is 12.1 Å². The lowest BCUT2D eigenvalue weighted by Gasteiger charge is -2.17. The SMILES string of the molecule is CCCCC/C=C\C/C=C\CCCCCCCC(=O)OCCCC(CCC)OC(=O)OCCCN(C)CC. The van der Waals surface area contributed by atoms with Crippen LogP contribution in [0.5, 0.6) is 0 Å². The molecule has 0 amide bonds. The molecule has 0 aliphatic heterocycles. The number of carbonyl (C=O) groups excluding carboxylic acids is 2. The van der Waals surface area contributed by atoms with Gasteiger partial charge in [-0.15, -0.1) is 0 Å². The first kappa shape index (κ1) is 36.2. The van der Waals surface area contributed by atoms with E-state index in [0.717, 1.165) is 58.0 Å². The maximum atomic E-state index is 12.0. The highest BCUT2D eigenvalue weighted by Crippen LogP contribution is 2.12. The number of nitrogens with zero attached hydrogens (tertiary/aromatic N) is 1.